The molecule has 128 valence electrons. The molecule has 0 spiro atoms. The smallest absolute Gasteiger partial charge is 0.312 e. The lowest BCUT2D eigenvalue weighted by atomic mass is 10.1. The maximum absolute atomic E-state index is 12.6. The minimum atomic E-state index is -4.41. The van der Waals surface area contributed by atoms with Crippen LogP contribution in [-0.2, 0) is 32.7 Å². The number of hydrogen-bond acceptors (Lipinski definition) is 3. The summed E-state index contributed by atoms with van der Waals surface area (Å²) in [5.41, 5.74) is 0.107. The van der Waals surface area contributed by atoms with Gasteiger partial charge in [0.15, 0.2) is 0 Å². The van der Waals surface area contributed by atoms with Crippen molar-refractivity contribution in [3.05, 3.63) is 67.5 Å². The van der Waals surface area contributed by atoms with E-state index in [1.807, 2.05) is 0 Å². The van der Waals surface area contributed by atoms with Gasteiger partial charge in [-0.05, 0) is 17.7 Å². The molecule has 1 aliphatic rings. The molecule has 1 aliphatic heterocycles. The zero-order chi connectivity index (χ0) is 17.5. The van der Waals surface area contributed by atoms with Crippen LogP contribution in [0.1, 0.15) is 22.4 Å². The van der Waals surface area contributed by atoms with Crippen LogP contribution in [0.4, 0.5) is 13.2 Å². The summed E-state index contributed by atoms with van der Waals surface area (Å²) < 4.78 is 40.3. The molecule has 2 heterocycles. The third-order valence-electron chi connectivity index (χ3n) is 4.24. The number of aromatic nitrogens is 2. The molecular weight excluding hydrogens is 323 g/mol. The first kappa shape index (κ1) is 16.5. The summed E-state index contributed by atoms with van der Waals surface area (Å²) >= 11 is 0. The summed E-state index contributed by atoms with van der Waals surface area (Å²) in [7, 11) is 1.61. The van der Waals surface area contributed by atoms with Gasteiger partial charge in [0, 0.05) is 32.3 Å². The van der Waals surface area contributed by atoms with Crippen LogP contribution in [-0.4, -0.2) is 15.7 Å². The molecule has 2 aromatic rings. The van der Waals surface area contributed by atoms with Crippen LogP contribution in [0.25, 0.3) is 0 Å². The van der Waals surface area contributed by atoms with Crippen molar-refractivity contribution >= 4 is 0 Å². The Hall–Kier alpha value is -2.35. The van der Waals surface area contributed by atoms with Crippen molar-refractivity contribution in [2.45, 2.75) is 25.7 Å². The number of rotatable bonds is 2. The number of benzene rings is 1. The van der Waals surface area contributed by atoms with Crippen molar-refractivity contribution in [2.75, 3.05) is 6.54 Å². The molecule has 0 atom stereocenters. The summed E-state index contributed by atoms with van der Waals surface area (Å²) in [5.74, 6) is 0. The lowest BCUT2D eigenvalue weighted by molar-refractivity contribution is -0.137. The predicted octanol–water partition coefficient (Wildman–Crippen LogP) is 1.26. The molecule has 0 radical (unpaired) electrons. The maximum atomic E-state index is 12.6. The van der Waals surface area contributed by atoms with Crippen LogP contribution in [0, 0.1) is 0 Å². The zero-order valence-corrected chi connectivity index (χ0v) is 13.0. The lowest BCUT2D eigenvalue weighted by Crippen LogP contribution is -2.46. The standard InChI is InChI=1S/C16H16F3N3O2/c1-21-13-6-7-20-8-12(13)14(23)22(15(21)24)9-10-2-4-11(5-3-10)16(17,18)19/h2-5,20H,6-9H2,1H3. The third-order valence-corrected chi connectivity index (χ3v) is 4.24. The summed E-state index contributed by atoms with van der Waals surface area (Å²) in [6.07, 6.45) is -3.82. The van der Waals surface area contributed by atoms with Crippen molar-refractivity contribution < 1.29 is 13.2 Å². The molecule has 5 nitrogen and oxygen atoms in total. The molecule has 0 bridgehead atoms. The average molecular weight is 339 g/mol. The highest BCUT2D eigenvalue weighted by Crippen LogP contribution is 2.29. The van der Waals surface area contributed by atoms with Crippen molar-refractivity contribution in [3.8, 4) is 0 Å². The fraction of sp³-hybridized carbons (Fsp3) is 0.375. The number of alkyl halides is 3. The van der Waals surface area contributed by atoms with Gasteiger partial charge in [-0.3, -0.25) is 9.36 Å². The monoisotopic (exact) mass is 339 g/mol. The number of hydrogen-bond donors (Lipinski definition) is 1. The molecule has 3 rings (SSSR count). The highest BCUT2D eigenvalue weighted by atomic mass is 19.4. The van der Waals surface area contributed by atoms with E-state index in [2.05, 4.69) is 5.32 Å². The Bertz CT molecular complexity index is 880. The van der Waals surface area contributed by atoms with Crippen LogP contribution in [0.3, 0.4) is 0 Å². The van der Waals surface area contributed by atoms with E-state index in [0.29, 0.717) is 36.3 Å². The fourth-order valence-corrected chi connectivity index (χ4v) is 2.91. The molecule has 0 aliphatic carbocycles. The predicted molar refractivity (Wildman–Crippen MR) is 81.9 cm³/mol. The molecule has 0 fully saturated rings. The molecule has 0 saturated carbocycles. The van der Waals surface area contributed by atoms with E-state index in [9.17, 15) is 22.8 Å². The SMILES string of the molecule is Cn1c2c(c(=O)n(Cc3ccc(C(F)(F)F)cc3)c1=O)CNCC2. The molecule has 0 amide bonds. The van der Waals surface area contributed by atoms with Crippen LogP contribution in [0.15, 0.2) is 33.9 Å². The Morgan fingerprint density at radius 2 is 1.83 bits per heavy atom. The van der Waals surface area contributed by atoms with Gasteiger partial charge in [0.25, 0.3) is 5.56 Å². The number of fused-ring (bicyclic) bond motifs is 1. The third kappa shape index (κ3) is 2.89. The van der Waals surface area contributed by atoms with Gasteiger partial charge in [0.1, 0.15) is 0 Å². The van der Waals surface area contributed by atoms with Gasteiger partial charge in [0.05, 0.1) is 17.7 Å². The Labute approximate surface area is 135 Å². The maximum Gasteiger partial charge on any atom is 0.416 e. The van der Waals surface area contributed by atoms with Gasteiger partial charge in [-0.1, -0.05) is 12.1 Å². The second kappa shape index (κ2) is 5.94. The van der Waals surface area contributed by atoms with Gasteiger partial charge >= 0.3 is 11.9 Å². The Balaban J connectivity index is 2.00. The summed E-state index contributed by atoms with van der Waals surface area (Å²) in [6.45, 7) is 1.02. The summed E-state index contributed by atoms with van der Waals surface area (Å²) in [6, 6.07) is 4.47. The molecule has 8 heteroatoms. The number of halogens is 3. The van der Waals surface area contributed by atoms with Crippen LogP contribution in [0.5, 0.6) is 0 Å². The first-order valence-electron chi connectivity index (χ1n) is 7.47. The van der Waals surface area contributed by atoms with Gasteiger partial charge in [-0.2, -0.15) is 13.2 Å². The molecule has 0 saturated heterocycles. The summed E-state index contributed by atoms with van der Waals surface area (Å²) in [5, 5.41) is 3.09. The van der Waals surface area contributed by atoms with Gasteiger partial charge in [-0.25, -0.2) is 4.79 Å². The van der Waals surface area contributed by atoms with E-state index in [1.165, 1.54) is 16.7 Å². The molecule has 0 unspecified atom stereocenters. The lowest BCUT2D eigenvalue weighted by Gasteiger charge is -2.21. The van der Waals surface area contributed by atoms with Crippen molar-refractivity contribution in [1.82, 2.24) is 14.5 Å². The van der Waals surface area contributed by atoms with Gasteiger partial charge in [0.2, 0.25) is 0 Å². The highest BCUT2D eigenvalue weighted by molar-refractivity contribution is 5.26. The van der Waals surface area contributed by atoms with Crippen LogP contribution in [0.2, 0.25) is 0 Å². The van der Waals surface area contributed by atoms with Gasteiger partial charge < -0.3 is 9.88 Å². The Morgan fingerprint density at radius 3 is 2.46 bits per heavy atom. The average Bonchev–Trinajstić information content (AvgIpc) is 2.56. The number of nitrogens with one attached hydrogen (secondary N) is 1. The Morgan fingerprint density at radius 1 is 1.17 bits per heavy atom. The molecule has 1 N–H and O–H groups in total. The van der Waals surface area contributed by atoms with Gasteiger partial charge in [-0.15, -0.1) is 0 Å². The highest BCUT2D eigenvalue weighted by Gasteiger charge is 2.30. The first-order chi connectivity index (χ1) is 11.3. The molecule has 1 aromatic carbocycles. The van der Waals surface area contributed by atoms with E-state index < -0.39 is 17.4 Å². The fourth-order valence-electron chi connectivity index (χ4n) is 2.91. The van der Waals surface area contributed by atoms with E-state index in [1.54, 1.807) is 7.05 Å². The number of nitrogens with zero attached hydrogens (tertiary/aromatic N) is 2. The normalized spacial score (nSPS) is 14.5. The zero-order valence-electron chi connectivity index (χ0n) is 13.0. The second-order valence-corrected chi connectivity index (χ2v) is 5.78. The largest absolute Gasteiger partial charge is 0.416 e. The molecular formula is C16H16F3N3O2. The van der Waals surface area contributed by atoms with Crippen LogP contribution >= 0.6 is 0 Å². The van der Waals surface area contributed by atoms with E-state index in [0.717, 1.165) is 16.7 Å². The minimum absolute atomic E-state index is 0.0586. The second-order valence-electron chi connectivity index (χ2n) is 5.78. The van der Waals surface area contributed by atoms with E-state index in [4.69, 9.17) is 0 Å². The topological polar surface area (TPSA) is 56.0 Å². The van der Waals surface area contributed by atoms with Crippen molar-refractivity contribution in [3.63, 3.8) is 0 Å². The van der Waals surface area contributed by atoms with E-state index in [-0.39, 0.29) is 12.1 Å². The molecule has 1 aromatic heterocycles. The quantitative estimate of drug-likeness (QED) is 0.896. The first-order valence-corrected chi connectivity index (χ1v) is 7.47. The van der Waals surface area contributed by atoms with Crippen molar-refractivity contribution in [2.24, 2.45) is 7.05 Å². The Kier molecular flexibility index (Phi) is 4.08. The molecule has 24 heavy (non-hydrogen) atoms. The van der Waals surface area contributed by atoms with E-state index >= 15 is 0 Å². The van der Waals surface area contributed by atoms with Crippen molar-refractivity contribution in [1.29, 1.82) is 0 Å². The van der Waals surface area contributed by atoms with Crippen LogP contribution < -0.4 is 16.6 Å². The summed E-state index contributed by atoms with van der Waals surface area (Å²) in [4.78, 5) is 25.0. The minimum Gasteiger partial charge on any atom is -0.312 e.